The molecule has 2 N–H and O–H groups in total. The Morgan fingerprint density at radius 3 is 2.50 bits per heavy atom. The number of rotatable bonds is 3. The van der Waals surface area contributed by atoms with Gasteiger partial charge in [-0.25, -0.2) is 4.39 Å². The van der Waals surface area contributed by atoms with Gasteiger partial charge in [0.1, 0.15) is 0 Å². The van der Waals surface area contributed by atoms with Crippen LogP contribution in [0.3, 0.4) is 0 Å². The van der Waals surface area contributed by atoms with Gasteiger partial charge in [-0.2, -0.15) is 4.39 Å². The van der Waals surface area contributed by atoms with Gasteiger partial charge in [0, 0.05) is 6.04 Å². The second-order valence-electron chi connectivity index (χ2n) is 3.24. The molecule has 0 aliphatic rings. The molecule has 0 aliphatic heterocycles. The molecule has 0 aromatic heterocycles. The summed E-state index contributed by atoms with van der Waals surface area (Å²) in [6.07, 6.45) is 0.312. The Bertz CT molecular complexity index is 326. The molecule has 0 saturated heterocycles. The molecule has 0 bridgehead atoms. The highest BCUT2D eigenvalue weighted by molar-refractivity contribution is 5.31. The fourth-order valence-corrected chi connectivity index (χ4v) is 1.23. The van der Waals surface area contributed by atoms with Gasteiger partial charge >= 0.3 is 0 Å². The Morgan fingerprint density at radius 1 is 1.36 bits per heavy atom. The lowest BCUT2D eigenvalue weighted by atomic mass is 10.1. The molecule has 0 amide bonds. The van der Waals surface area contributed by atoms with E-state index >= 15 is 0 Å². The van der Waals surface area contributed by atoms with Crippen molar-refractivity contribution in [3.63, 3.8) is 0 Å². The van der Waals surface area contributed by atoms with Gasteiger partial charge in [-0.1, -0.05) is 6.07 Å². The summed E-state index contributed by atoms with van der Waals surface area (Å²) in [6, 6.07) is 2.69. The average Bonchev–Trinajstić information content (AvgIpc) is 2.13. The molecule has 1 aromatic rings. The van der Waals surface area contributed by atoms with E-state index in [1.807, 2.05) is 0 Å². The maximum Gasteiger partial charge on any atom is 0.200 e. The second kappa shape index (κ2) is 4.37. The van der Waals surface area contributed by atoms with Crippen molar-refractivity contribution < 1.29 is 13.5 Å². The van der Waals surface area contributed by atoms with E-state index in [1.54, 1.807) is 6.92 Å². The van der Waals surface area contributed by atoms with E-state index in [0.717, 1.165) is 0 Å². The molecular weight excluding hydrogens is 188 g/mol. The minimum absolute atomic E-state index is 0.0871. The minimum atomic E-state index is -0.953. The monoisotopic (exact) mass is 201 g/mol. The summed E-state index contributed by atoms with van der Waals surface area (Å²) < 4.78 is 31.1. The number of benzene rings is 1. The molecule has 0 saturated carbocycles. The van der Waals surface area contributed by atoms with Gasteiger partial charge in [-0.3, -0.25) is 0 Å². The van der Waals surface area contributed by atoms with E-state index in [9.17, 15) is 8.78 Å². The maximum absolute atomic E-state index is 13.3. The zero-order valence-electron chi connectivity index (χ0n) is 8.18. The van der Waals surface area contributed by atoms with Crippen molar-refractivity contribution in [2.45, 2.75) is 19.4 Å². The van der Waals surface area contributed by atoms with Crippen LogP contribution in [0, 0.1) is 11.6 Å². The van der Waals surface area contributed by atoms with Crippen LogP contribution in [0.5, 0.6) is 5.75 Å². The molecule has 4 heteroatoms. The predicted octanol–water partition coefficient (Wildman–Crippen LogP) is 1.86. The summed E-state index contributed by atoms with van der Waals surface area (Å²) in [5.41, 5.74) is 5.77. The van der Waals surface area contributed by atoms with E-state index in [-0.39, 0.29) is 17.4 Å². The van der Waals surface area contributed by atoms with Crippen LogP contribution in [0.2, 0.25) is 0 Å². The Labute approximate surface area is 81.7 Å². The number of hydrogen-bond donors (Lipinski definition) is 1. The number of nitrogens with two attached hydrogens (primary N) is 1. The van der Waals surface area contributed by atoms with Crippen LogP contribution in [-0.4, -0.2) is 13.2 Å². The summed E-state index contributed by atoms with van der Waals surface area (Å²) in [5, 5.41) is 0. The molecular formula is C10H13F2NO. The minimum Gasteiger partial charge on any atom is -0.494 e. The van der Waals surface area contributed by atoms with Crippen LogP contribution in [0.25, 0.3) is 0 Å². The molecule has 0 radical (unpaired) electrons. The van der Waals surface area contributed by atoms with Gasteiger partial charge in [-0.15, -0.1) is 0 Å². The van der Waals surface area contributed by atoms with Gasteiger partial charge in [0.25, 0.3) is 0 Å². The van der Waals surface area contributed by atoms with E-state index in [4.69, 9.17) is 5.73 Å². The molecule has 0 spiro atoms. The van der Waals surface area contributed by atoms with Crippen LogP contribution in [0.4, 0.5) is 8.78 Å². The number of ether oxygens (including phenoxy) is 1. The lowest BCUT2D eigenvalue weighted by Crippen LogP contribution is -2.18. The van der Waals surface area contributed by atoms with E-state index in [1.165, 1.54) is 19.2 Å². The number of halogens is 2. The van der Waals surface area contributed by atoms with Gasteiger partial charge in [-0.05, 0) is 25.0 Å². The topological polar surface area (TPSA) is 35.2 Å². The molecule has 0 heterocycles. The lowest BCUT2D eigenvalue weighted by molar-refractivity contribution is 0.369. The Morgan fingerprint density at radius 2 is 2.00 bits per heavy atom. The first kappa shape index (κ1) is 10.9. The SMILES string of the molecule is COc1ccc(CC(C)N)c(F)c1F. The van der Waals surface area contributed by atoms with Crippen LogP contribution >= 0.6 is 0 Å². The van der Waals surface area contributed by atoms with Crippen LogP contribution in [-0.2, 0) is 6.42 Å². The average molecular weight is 201 g/mol. The molecule has 0 aliphatic carbocycles. The number of methoxy groups -OCH3 is 1. The molecule has 78 valence electrons. The molecule has 1 atom stereocenters. The zero-order valence-corrected chi connectivity index (χ0v) is 8.18. The summed E-state index contributed by atoms with van der Waals surface area (Å²) in [6.45, 7) is 1.74. The molecule has 1 rings (SSSR count). The van der Waals surface area contributed by atoms with Crippen molar-refractivity contribution >= 4 is 0 Å². The highest BCUT2D eigenvalue weighted by atomic mass is 19.2. The predicted molar refractivity (Wildman–Crippen MR) is 50.3 cm³/mol. The Balaban J connectivity index is 3.04. The number of hydrogen-bond acceptors (Lipinski definition) is 2. The normalized spacial score (nSPS) is 12.6. The Hall–Kier alpha value is -1.16. The van der Waals surface area contributed by atoms with Crippen LogP contribution < -0.4 is 10.5 Å². The molecule has 2 nitrogen and oxygen atoms in total. The first-order valence-electron chi connectivity index (χ1n) is 4.32. The highest BCUT2D eigenvalue weighted by Gasteiger charge is 2.14. The first-order valence-corrected chi connectivity index (χ1v) is 4.32. The molecule has 1 unspecified atom stereocenters. The molecule has 14 heavy (non-hydrogen) atoms. The largest absolute Gasteiger partial charge is 0.494 e. The van der Waals surface area contributed by atoms with Gasteiger partial charge < -0.3 is 10.5 Å². The fraction of sp³-hybridized carbons (Fsp3) is 0.400. The van der Waals surface area contributed by atoms with Crippen molar-refractivity contribution in [1.82, 2.24) is 0 Å². The van der Waals surface area contributed by atoms with Gasteiger partial charge in [0.15, 0.2) is 11.6 Å². The van der Waals surface area contributed by atoms with Gasteiger partial charge in [0.2, 0.25) is 5.82 Å². The van der Waals surface area contributed by atoms with E-state index in [2.05, 4.69) is 4.74 Å². The van der Waals surface area contributed by atoms with Crippen LogP contribution in [0.15, 0.2) is 12.1 Å². The van der Waals surface area contributed by atoms with Crippen molar-refractivity contribution in [3.8, 4) is 5.75 Å². The summed E-state index contributed by atoms with van der Waals surface area (Å²) in [4.78, 5) is 0. The van der Waals surface area contributed by atoms with Crippen LogP contribution in [0.1, 0.15) is 12.5 Å². The highest BCUT2D eigenvalue weighted by Crippen LogP contribution is 2.22. The maximum atomic E-state index is 13.3. The smallest absolute Gasteiger partial charge is 0.200 e. The third-order valence-electron chi connectivity index (χ3n) is 1.89. The van der Waals surface area contributed by atoms with Crippen molar-refractivity contribution in [2.75, 3.05) is 7.11 Å². The third kappa shape index (κ3) is 2.20. The van der Waals surface area contributed by atoms with Crippen molar-refractivity contribution in [3.05, 3.63) is 29.3 Å². The second-order valence-corrected chi connectivity index (χ2v) is 3.24. The lowest BCUT2D eigenvalue weighted by Gasteiger charge is -2.09. The standard InChI is InChI=1S/C10H13F2NO/c1-6(13)5-7-3-4-8(14-2)10(12)9(7)11/h3-4,6H,5,13H2,1-2H3. The molecule has 1 aromatic carbocycles. The quantitative estimate of drug-likeness (QED) is 0.810. The zero-order chi connectivity index (χ0) is 10.7. The van der Waals surface area contributed by atoms with E-state index < -0.39 is 11.6 Å². The van der Waals surface area contributed by atoms with Gasteiger partial charge in [0.05, 0.1) is 7.11 Å². The van der Waals surface area contributed by atoms with Crippen molar-refractivity contribution in [1.29, 1.82) is 0 Å². The third-order valence-corrected chi connectivity index (χ3v) is 1.89. The fourth-order valence-electron chi connectivity index (χ4n) is 1.23. The summed E-state index contributed by atoms with van der Waals surface area (Å²) >= 11 is 0. The summed E-state index contributed by atoms with van der Waals surface area (Å²) in [5.74, 6) is -1.91. The first-order chi connectivity index (χ1) is 6.56. The van der Waals surface area contributed by atoms with Crippen molar-refractivity contribution in [2.24, 2.45) is 5.73 Å². The summed E-state index contributed by atoms with van der Waals surface area (Å²) in [7, 11) is 1.29. The van der Waals surface area contributed by atoms with E-state index in [0.29, 0.717) is 6.42 Å². The Kier molecular flexibility index (Phi) is 3.41. The molecule has 0 fully saturated rings.